The number of amidine groups is 1. The average Bonchev–Trinajstić information content (AvgIpc) is 3.58. The molecule has 2 aliphatic rings. The Morgan fingerprint density at radius 2 is 2.20 bits per heavy atom. The number of thioether (sulfide) groups is 1. The van der Waals surface area contributed by atoms with Gasteiger partial charge < -0.3 is 15.8 Å². The number of aryl methyl sites for hydroxylation is 1. The summed E-state index contributed by atoms with van der Waals surface area (Å²) in [6.07, 6.45) is 7.16. The Morgan fingerprint density at radius 1 is 1.47 bits per heavy atom. The number of nitrogens with two attached hydrogens (primary N) is 1. The summed E-state index contributed by atoms with van der Waals surface area (Å²) in [5.74, 6) is 6.23. The number of carbonyl (C=O) groups excluding carboxylic acids is 1. The molecule has 3 rings (SSSR count). The lowest BCUT2D eigenvalue weighted by Crippen LogP contribution is -2.20. The second-order valence-electron chi connectivity index (χ2n) is 6.36. The van der Waals surface area contributed by atoms with E-state index in [2.05, 4.69) is 27.1 Å². The van der Waals surface area contributed by atoms with Gasteiger partial charge in [0.1, 0.15) is 10.8 Å². The van der Waals surface area contributed by atoms with Crippen molar-refractivity contribution in [3.63, 3.8) is 0 Å². The van der Waals surface area contributed by atoms with Crippen molar-refractivity contribution in [1.82, 2.24) is 10.3 Å². The van der Waals surface area contributed by atoms with Gasteiger partial charge in [-0.2, -0.15) is 4.99 Å². The third-order valence-electron chi connectivity index (χ3n) is 4.14. The summed E-state index contributed by atoms with van der Waals surface area (Å²) in [6.45, 7) is 6.32. The molecule has 0 radical (unpaired) electrons. The first-order valence-electron chi connectivity index (χ1n) is 9.78. The van der Waals surface area contributed by atoms with Crippen molar-refractivity contribution in [2.75, 3.05) is 13.7 Å². The Hall–Kier alpha value is -3.05. The summed E-state index contributed by atoms with van der Waals surface area (Å²) in [6, 6.07) is 1.87. The first kappa shape index (κ1) is 23.2. The first-order valence-corrected chi connectivity index (χ1v) is 10.6. The zero-order valence-electron chi connectivity index (χ0n) is 17.7. The number of ether oxygens (including phenoxy) is 1. The van der Waals surface area contributed by atoms with Gasteiger partial charge in [0.05, 0.1) is 13.3 Å². The number of aliphatic imine (C=N–C) groups is 1. The zero-order valence-corrected chi connectivity index (χ0v) is 18.5. The van der Waals surface area contributed by atoms with Crippen LogP contribution in [0.2, 0.25) is 0 Å². The predicted molar refractivity (Wildman–Crippen MR) is 125 cm³/mol. The fourth-order valence-corrected chi connectivity index (χ4v) is 3.04. The molecule has 8 heteroatoms. The van der Waals surface area contributed by atoms with Gasteiger partial charge in [0, 0.05) is 30.7 Å². The summed E-state index contributed by atoms with van der Waals surface area (Å²) in [7, 11) is 1.56. The SMILES string of the molecule is CC.COc1cnc(C)cc1C1=C(C(=O)N=C(N)SC(=N)C#CC2CC2)C=CNC1.[HH]. The fourth-order valence-electron chi connectivity index (χ4n) is 2.59. The van der Waals surface area contributed by atoms with Crippen LogP contribution in [0.3, 0.4) is 0 Å². The van der Waals surface area contributed by atoms with Crippen molar-refractivity contribution in [2.24, 2.45) is 16.6 Å². The van der Waals surface area contributed by atoms with Crippen molar-refractivity contribution in [1.29, 1.82) is 5.41 Å². The van der Waals surface area contributed by atoms with E-state index in [1.165, 1.54) is 0 Å². The van der Waals surface area contributed by atoms with E-state index < -0.39 is 5.91 Å². The normalized spacial score (nSPS) is 15.3. The Morgan fingerprint density at radius 3 is 2.87 bits per heavy atom. The number of rotatable bonds is 3. The number of hydrogen-bond donors (Lipinski definition) is 3. The van der Waals surface area contributed by atoms with E-state index in [-0.39, 0.29) is 11.6 Å². The average molecular weight is 428 g/mol. The van der Waals surface area contributed by atoms with Crippen molar-refractivity contribution >= 4 is 33.5 Å². The van der Waals surface area contributed by atoms with Crippen LogP contribution in [0.1, 0.15) is 39.4 Å². The number of amides is 1. The molecular formula is C22H29N5O2S. The van der Waals surface area contributed by atoms with E-state index in [0.717, 1.165) is 41.4 Å². The summed E-state index contributed by atoms with van der Waals surface area (Å²) in [4.78, 5) is 20.9. The van der Waals surface area contributed by atoms with E-state index in [4.69, 9.17) is 15.9 Å². The highest BCUT2D eigenvalue weighted by Crippen LogP contribution is 2.30. The van der Waals surface area contributed by atoms with Crippen molar-refractivity contribution < 1.29 is 11.0 Å². The van der Waals surface area contributed by atoms with E-state index in [1.54, 1.807) is 25.6 Å². The second kappa shape index (κ2) is 11.2. The molecule has 7 nitrogen and oxygen atoms in total. The van der Waals surface area contributed by atoms with Gasteiger partial charge in [-0.3, -0.25) is 15.2 Å². The highest BCUT2D eigenvalue weighted by molar-refractivity contribution is 8.26. The van der Waals surface area contributed by atoms with Gasteiger partial charge in [-0.25, -0.2) is 0 Å². The van der Waals surface area contributed by atoms with E-state index in [9.17, 15) is 4.79 Å². The minimum absolute atomic E-state index is 0. The number of aromatic nitrogens is 1. The van der Waals surface area contributed by atoms with Crippen LogP contribution in [0.15, 0.2) is 35.1 Å². The maximum Gasteiger partial charge on any atom is 0.279 e. The number of hydrogen-bond acceptors (Lipinski definition) is 6. The van der Waals surface area contributed by atoms with Gasteiger partial charge in [-0.05, 0) is 61.4 Å². The highest BCUT2D eigenvalue weighted by Gasteiger charge is 2.21. The van der Waals surface area contributed by atoms with Crippen molar-refractivity contribution in [3.05, 3.63) is 41.4 Å². The number of pyridine rings is 1. The molecule has 0 aromatic carbocycles. The summed E-state index contributed by atoms with van der Waals surface area (Å²) in [5, 5.41) is 11.0. The van der Waals surface area contributed by atoms with Gasteiger partial charge in [0.2, 0.25) is 0 Å². The zero-order chi connectivity index (χ0) is 22.1. The lowest BCUT2D eigenvalue weighted by atomic mass is 9.97. The van der Waals surface area contributed by atoms with E-state index in [0.29, 0.717) is 23.8 Å². The second-order valence-corrected chi connectivity index (χ2v) is 7.39. The van der Waals surface area contributed by atoms with Gasteiger partial charge in [0.25, 0.3) is 5.91 Å². The van der Waals surface area contributed by atoms with Crippen LogP contribution in [0.4, 0.5) is 0 Å². The Bertz CT molecular complexity index is 972. The number of methoxy groups -OCH3 is 1. The fraction of sp³-hybridized carbons (Fsp3) is 0.364. The summed E-state index contributed by atoms with van der Waals surface area (Å²) < 4.78 is 5.40. The molecule has 0 saturated heterocycles. The Balaban J connectivity index is 0.00000156. The molecule has 1 amide bonds. The van der Waals surface area contributed by atoms with Crippen molar-refractivity contribution in [3.8, 4) is 17.6 Å². The molecule has 1 aliphatic heterocycles. The number of dihydropyridines is 1. The monoisotopic (exact) mass is 427 g/mol. The van der Waals surface area contributed by atoms with Gasteiger partial charge >= 0.3 is 0 Å². The van der Waals surface area contributed by atoms with Crippen LogP contribution in [0.25, 0.3) is 5.57 Å². The minimum Gasteiger partial charge on any atom is -0.494 e. The topological polar surface area (TPSA) is 113 Å². The molecule has 0 unspecified atom stereocenters. The van der Waals surface area contributed by atoms with Gasteiger partial charge in [-0.1, -0.05) is 19.8 Å². The van der Waals surface area contributed by atoms with Crippen LogP contribution >= 0.6 is 11.8 Å². The number of nitrogens with zero attached hydrogens (tertiary/aromatic N) is 2. The lowest BCUT2D eigenvalue weighted by Gasteiger charge is -2.18. The maximum absolute atomic E-state index is 12.8. The van der Waals surface area contributed by atoms with Crippen molar-refractivity contribution in [2.45, 2.75) is 33.6 Å². The molecule has 0 spiro atoms. The molecule has 0 atom stereocenters. The Labute approximate surface area is 183 Å². The molecule has 30 heavy (non-hydrogen) atoms. The van der Waals surface area contributed by atoms with Crippen LogP contribution in [0, 0.1) is 30.1 Å². The molecule has 4 N–H and O–H groups in total. The van der Waals surface area contributed by atoms with Gasteiger partial charge in [-0.15, -0.1) is 0 Å². The minimum atomic E-state index is -0.475. The van der Waals surface area contributed by atoms with Crippen LogP contribution in [0.5, 0.6) is 5.75 Å². The quantitative estimate of drug-likeness (QED) is 0.386. The molecular weight excluding hydrogens is 398 g/mol. The molecule has 1 aliphatic carbocycles. The van der Waals surface area contributed by atoms with Gasteiger partial charge in [0.15, 0.2) is 5.17 Å². The molecule has 2 heterocycles. The van der Waals surface area contributed by atoms with Crippen LogP contribution in [-0.4, -0.2) is 34.8 Å². The maximum atomic E-state index is 12.8. The molecule has 1 aromatic heterocycles. The van der Waals surface area contributed by atoms with E-state index in [1.807, 2.05) is 26.8 Å². The lowest BCUT2D eigenvalue weighted by molar-refractivity contribution is -0.114. The molecule has 160 valence electrons. The Kier molecular flexibility index (Phi) is 8.69. The highest BCUT2D eigenvalue weighted by atomic mass is 32.2. The molecule has 0 bridgehead atoms. The van der Waals surface area contributed by atoms with E-state index >= 15 is 0 Å². The molecule has 1 saturated carbocycles. The predicted octanol–water partition coefficient (Wildman–Crippen LogP) is 3.51. The van der Waals surface area contributed by atoms with Crippen LogP contribution in [-0.2, 0) is 4.79 Å². The van der Waals surface area contributed by atoms with Crippen LogP contribution < -0.4 is 15.8 Å². The first-order chi connectivity index (χ1) is 14.5. The third kappa shape index (κ3) is 6.49. The number of nitrogens with one attached hydrogen (secondary N) is 2. The smallest absolute Gasteiger partial charge is 0.279 e. The summed E-state index contributed by atoms with van der Waals surface area (Å²) in [5.41, 5.74) is 8.61. The standard InChI is InChI=1S/C20H21N5O2S.C2H6.H2/c1-12-9-15(17(27-2)11-24-12)16-10-23-8-7-14(16)19(26)25-20(22)28-18(21)6-5-13-3-4-13;1-2;/h7-9,11,13,21,23H,3-4,10H2,1-2H3,(H2,22,25,26);1-2H3;1H. The molecule has 1 fully saturated rings. The largest absolute Gasteiger partial charge is 0.494 e. The molecule has 1 aromatic rings. The third-order valence-corrected chi connectivity index (χ3v) is 4.74. The number of carbonyl (C=O) groups is 1. The summed E-state index contributed by atoms with van der Waals surface area (Å²) >= 11 is 0.888.